The van der Waals surface area contributed by atoms with E-state index in [9.17, 15) is 9.18 Å². The molecule has 1 aliphatic rings. The number of carboxylic acid groups (broad SMARTS) is 1. The van der Waals surface area contributed by atoms with E-state index in [1.165, 1.54) is 37.5 Å². The standard InChI is InChI=1S/C17H21FO3/c1-12-4-2-3-5-16(12)21-11-14-6-8-15(18)10-13(14)7-9-17(19)20/h6-10,12,16H,2-5,11H2,1H3,(H,19,20). The van der Waals surface area contributed by atoms with Crippen molar-refractivity contribution in [1.82, 2.24) is 0 Å². The van der Waals surface area contributed by atoms with Gasteiger partial charge in [0.25, 0.3) is 0 Å². The van der Waals surface area contributed by atoms with Crippen molar-refractivity contribution in [1.29, 1.82) is 0 Å². The molecule has 1 fully saturated rings. The maximum absolute atomic E-state index is 13.3. The Balaban J connectivity index is 2.06. The molecule has 0 saturated heterocycles. The molecule has 2 unspecified atom stereocenters. The van der Waals surface area contributed by atoms with Crippen LogP contribution in [0.2, 0.25) is 0 Å². The normalized spacial score (nSPS) is 22.6. The van der Waals surface area contributed by atoms with Gasteiger partial charge in [-0.1, -0.05) is 25.8 Å². The molecule has 114 valence electrons. The summed E-state index contributed by atoms with van der Waals surface area (Å²) in [5.41, 5.74) is 1.37. The Kier molecular flexibility index (Phi) is 5.51. The smallest absolute Gasteiger partial charge is 0.328 e. The van der Waals surface area contributed by atoms with Crippen LogP contribution in [-0.4, -0.2) is 17.2 Å². The van der Waals surface area contributed by atoms with Gasteiger partial charge in [0, 0.05) is 6.08 Å². The molecule has 4 heteroatoms. The molecule has 2 atom stereocenters. The molecule has 1 aliphatic carbocycles. The highest BCUT2D eigenvalue weighted by molar-refractivity contribution is 5.85. The fourth-order valence-corrected chi connectivity index (χ4v) is 2.74. The molecule has 0 bridgehead atoms. The van der Waals surface area contributed by atoms with Gasteiger partial charge in [-0.25, -0.2) is 9.18 Å². The lowest BCUT2D eigenvalue weighted by atomic mass is 9.88. The predicted octanol–water partition coefficient (Wildman–Crippen LogP) is 4.02. The molecule has 1 aromatic rings. The molecular weight excluding hydrogens is 271 g/mol. The van der Waals surface area contributed by atoms with Crippen LogP contribution in [0.25, 0.3) is 6.08 Å². The first-order chi connectivity index (χ1) is 10.1. The quantitative estimate of drug-likeness (QED) is 0.834. The van der Waals surface area contributed by atoms with Crippen molar-refractivity contribution >= 4 is 12.0 Å². The lowest BCUT2D eigenvalue weighted by molar-refractivity contribution is -0.131. The summed E-state index contributed by atoms with van der Waals surface area (Å²) >= 11 is 0. The van der Waals surface area contributed by atoms with E-state index in [1.807, 2.05) is 0 Å². The zero-order valence-electron chi connectivity index (χ0n) is 12.2. The Hall–Kier alpha value is -1.68. The first-order valence-electron chi connectivity index (χ1n) is 7.37. The van der Waals surface area contributed by atoms with Gasteiger partial charge in [-0.15, -0.1) is 0 Å². The van der Waals surface area contributed by atoms with Crippen LogP contribution >= 0.6 is 0 Å². The summed E-state index contributed by atoms with van der Waals surface area (Å²) in [6.07, 6.45) is 7.34. The van der Waals surface area contributed by atoms with E-state index in [-0.39, 0.29) is 11.9 Å². The number of carbonyl (C=O) groups is 1. The molecule has 0 radical (unpaired) electrons. The second-order valence-corrected chi connectivity index (χ2v) is 5.63. The lowest BCUT2D eigenvalue weighted by Gasteiger charge is -2.29. The maximum Gasteiger partial charge on any atom is 0.328 e. The van der Waals surface area contributed by atoms with Gasteiger partial charge in [0.15, 0.2) is 0 Å². The van der Waals surface area contributed by atoms with E-state index in [0.717, 1.165) is 18.1 Å². The highest BCUT2D eigenvalue weighted by atomic mass is 19.1. The van der Waals surface area contributed by atoms with Crippen molar-refractivity contribution in [2.75, 3.05) is 0 Å². The van der Waals surface area contributed by atoms with Crippen LogP contribution in [0.15, 0.2) is 24.3 Å². The Bertz CT molecular complexity index is 525. The van der Waals surface area contributed by atoms with Crippen LogP contribution in [0.1, 0.15) is 43.7 Å². The molecule has 0 spiro atoms. The number of ether oxygens (including phenoxy) is 1. The highest BCUT2D eigenvalue weighted by Crippen LogP contribution is 2.27. The third kappa shape index (κ3) is 4.67. The number of rotatable bonds is 5. The number of halogens is 1. The largest absolute Gasteiger partial charge is 0.478 e. The number of hydrogen-bond donors (Lipinski definition) is 1. The van der Waals surface area contributed by atoms with Crippen LogP contribution in [0.5, 0.6) is 0 Å². The average Bonchev–Trinajstić information content (AvgIpc) is 2.45. The molecule has 2 rings (SSSR count). The number of aliphatic carboxylic acids is 1. The lowest BCUT2D eigenvalue weighted by Crippen LogP contribution is -2.25. The average molecular weight is 292 g/mol. The minimum Gasteiger partial charge on any atom is -0.478 e. The maximum atomic E-state index is 13.3. The van der Waals surface area contributed by atoms with Gasteiger partial charge < -0.3 is 9.84 Å². The van der Waals surface area contributed by atoms with E-state index >= 15 is 0 Å². The monoisotopic (exact) mass is 292 g/mol. The van der Waals surface area contributed by atoms with Gasteiger partial charge >= 0.3 is 5.97 Å². The predicted molar refractivity (Wildman–Crippen MR) is 79.3 cm³/mol. The van der Waals surface area contributed by atoms with Crippen molar-refractivity contribution in [2.24, 2.45) is 5.92 Å². The molecule has 0 amide bonds. The Labute approximate surface area is 124 Å². The first kappa shape index (κ1) is 15.7. The molecule has 21 heavy (non-hydrogen) atoms. The number of hydrogen-bond acceptors (Lipinski definition) is 2. The van der Waals surface area contributed by atoms with E-state index in [4.69, 9.17) is 9.84 Å². The summed E-state index contributed by atoms with van der Waals surface area (Å²) in [7, 11) is 0. The van der Waals surface area contributed by atoms with Crippen molar-refractivity contribution in [3.63, 3.8) is 0 Å². The SMILES string of the molecule is CC1CCCCC1OCc1ccc(F)cc1C=CC(=O)O. The van der Waals surface area contributed by atoms with Gasteiger partial charge in [-0.2, -0.15) is 0 Å². The number of benzene rings is 1. The summed E-state index contributed by atoms with van der Waals surface area (Å²) in [4.78, 5) is 10.6. The van der Waals surface area contributed by atoms with Gasteiger partial charge in [0.1, 0.15) is 5.82 Å². The second-order valence-electron chi connectivity index (χ2n) is 5.63. The fraction of sp³-hybridized carbons (Fsp3) is 0.471. The van der Waals surface area contributed by atoms with E-state index in [0.29, 0.717) is 18.1 Å². The van der Waals surface area contributed by atoms with Gasteiger partial charge in [0.2, 0.25) is 0 Å². The van der Waals surface area contributed by atoms with Crippen LogP contribution in [0.4, 0.5) is 4.39 Å². The van der Waals surface area contributed by atoms with Crippen LogP contribution in [0.3, 0.4) is 0 Å². The van der Waals surface area contributed by atoms with Gasteiger partial charge in [-0.05, 0) is 48.1 Å². The van der Waals surface area contributed by atoms with Crippen LogP contribution < -0.4 is 0 Å². The Morgan fingerprint density at radius 3 is 2.90 bits per heavy atom. The second kappa shape index (κ2) is 7.36. The molecule has 1 N–H and O–H groups in total. The Morgan fingerprint density at radius 1 is 1.43 bits per heavy atom. The van der Waals surface area contributed by atoms with Crippen LogP contribution in [0, 0.1) is 11.7 Å². The summed E-state index contributed by atoms with van der Waals surface area (Å²) < 4.78 is 19.3. The van der Waals surface area contributed by atoms with Crippen molar-refractivity contribution in [3.05, 3.63) is 41.2 Å². The molecule has 1 aromatic carbocycles. The van der Waals surface area contributed by atoms with Crippen molar-refractivity contribution in [3.8, 4) is 0 Å². The molecule has 0 aromatic heterocycles. The number of carboxylic acids is 1. The Morgan fingerprint density at radius 2 is 2.19 bits per heavy atom. The molecule has 3 nitrogen and oxygen atoms in total. The van der Waals surface area contributed by atoms with Gasteiger partial charge in [-0.3, -0.25) is 0 Å². The third-order valence-corrected chi connectivity index (χ3v) is 4.00. The highest BCUT2D eigenvalue weighted by Gasteiger charge is 2.21. The van der Waals surface area contributed by atoms with E-state index < -0.39 is 5.97 Å². The zero-order chi connectivity index (χ0) is 15.2. The minimum atomic E-state index is -1.05. The summed E-state index contributed by atoms with van der Waals surface area (Å²) in [6, 6.07) is 4.37. The summed E-state index contributed by atoms with van der Waals surface area (Å²) in [6.45, 7) is 2.58. The summed E-state index contributed by atoms with van der Waals surface area (Å²) in [5.74, 6) is -0.890. The van der Waals surface area contributed by atoms with Crippen molar-refractivity contribution in [2.45, 2.75) is 45.3 Å². The van der Waals surface area contributed by atoms with E-state index in [1.54, 1.807) is 6.07 Å². The zero-order valence-corrected chi connectivity index (χ0v) is 12.2. The molecule has 0 aliphatic heterocycles. The van der Waals surface area contributed by atoms with Crippen molar-refractivity contribution < 1.29 is 19.0 Å². The molecule has 1 saturated carbocycles. The topological polar surface area (TPSA) is 46.5 Å². The fourth-order valence-electron chi connectivity index (χ4n) is 2.74. The van der Waals surface area contributed by atoms with Crippen LogP contribution in [-0.2, 0) is 16.1 Å². The third-order valence-electron chi connectivity index (χ3n) is 4.00. The molecule has 0 heterocycles. The van der Waals surface area contributed by atoms with Gasteiger partial charge in [0.05, 0.1) is 12.7 Å². The first-order valence-corrected chi connectivity index (χ1v) is 7.37. The minimum absolute atomic E-state index is 0.236. The molecular formula is C17H21FO3. The van der Waals surface area contributed by atoms with E-state index in [2.05, 4.69) is 6.92 Å². The summed E-state index contributed by atoms with van der Waals surface area (Å²) in [5, 5.41) is 8.69.